The second kappa shape index (κ2) is 6.24. The fourth-order valence-electron chi connectivity index (χ4n) is 1.24. The molecule has 0 saturated heterocycles. The van der Waals surface area contributed by atoms with Gasteiger partial charge in [-0.1, -0.05) is 11.8 Å². The number of thioether (sulfide) groups is 1. The van der Waals surface area contributed by atoms with Crippen LogP contribution in [0.3, 0.4) is 0 Å². The van der Waals surface area contributed by atoms with Gasteiger partial charge < -0.3 is 16.2 Å². The Balaban J connectivity index is 2.18. The van der Waals surface area contributed by atoms with Gasteiger partial charge in [0.2, 0.25) is 5.91 Å². The zero-order valence-electron chi connectivity index (χ0n) is 9.01. The average molecular weight is 259 g/mol. The van der Waals surface area contributed by atoms with E-state index in [2.05, 4.69) is 10.3 Å². The maximum atomic E-state index is 11.4. The summed E-state index contributed by atoms with van der Waals surface area (Å²) < 4.78 is 0. The number of hydrogen-bond donors (Lipinski definition) is 3. The summed E-state index contributed by atoms with van der Waals surface area (Å²) >= 11 is 1.07. The predicted octanol–water partition coefficient (Wildman–Crippen LogP) is -0.686. The third kappa shape index (κ3) is 4.85. The molecule has 7 nitrogen and oxygen atoms in total. The van der Waals surface area contributed by atoms with Crippen LogP contribution < -0.4 is 11.1 Å². The molecule has 0 aromatic carbocycles. The van der Waals surface area contributed by atoms with E-state index in [4.69, 9.17) is 10.8 Å². The molecule has 0 aromatic heterocycles. The Morgan fingerprint density at radius 1 is 1.53 bits per heavy atom. The van der Waals surface area contributed by atoms with E-state index in [-0.39, 0.29) is 30.5 Å². The molecule has 0 unspecified atom stereocenters. The van der Waals surface area contributed by atoms with Crippen molar-refractivity contribution in [3.63, 3.8) is 0 Å². The molecule has 1 heterocycles. The van der Waals surface area contributed by atoms with E-state index >= 15 is 0 Å². The molecule has 1 aliphatic rings. The van der Waals surface area contributed by atoms with Crippen LogP contribution in [0.2, 0.25) is 0 Å². The monoisotopic (exact) mass is 259 g/mol. The number of carboxylic acids is 1. The third-order valence-corrected chi connectivity index (χ3v) is 3.00. The number of amides is 2. The van der Waals surface area contributed by atoms with Crippen LogP contribution in [0.5, 0.6) is 0 Å². The van der Waals surface area contributed by atoms with Crippen molar-refractivity contribution in [2.24, 2.45) is 10.7 Å². The van der Waals surface area contributed by atoms with Crippen molar-refractivity contribution < 1.29 is 19.5 Å². The number of carboxylic acid groups (broad SMARTS) is 1. The highest BCUT2D eigenvalue weighted by molar-refractivity contribution is 8.15. The molecule has 0 radical (unpaired) electrons. The molecule has 0 aromatic rings. The lowest BCUT2D eigenvalue weighted by atomic mass is 10.2. The van der Waals surface area contributed by atoms with Crippen molar-refractivity contribution >= 4 is 34.7 Å². The topological polar surface area (TPSA) is 122 Å². The summed E-state index contributed by atoms with van der Waals surface area (Å²) in [5, 5.41) is 10.6. The summed E-state index contributed by atoms with van der Waals surface area (Å²) in [4.78, 5) is 36.3. The minimum atomic E-state index is -0.901. The molecule has 1 atom stereocenters. The molecule has 17 heavy (non-hydrogen) atoms. The largest absolute Gasteiger partial charge is 0.481 e. The Morgan fingerprint density at radius 2 is 2.24 bits per heavy atom. The molecule has 94 valence electrons. The lowest BCUT2D eigenvalue weighted by molar-refractivity contribution is -0.137. The number of amidine groups is 1. The highest BCUT2D eigenvalue weighted by Crippen LogP contribution is 2.22. The predicted molar refractivity (Wildman–Crippen MR) is 62.5 cm³/mol. The highest BCUT2D eigenvalue weighted by atomic mass is 32.2. The van der Waals surface area contributed by atoms with Crippen LogP contribution in [0.25, 0.3) is 0 Å². The van der Waals surface area contributed by atoms with Gasteiger partial charge in [0.05, 0.1) is 0 Å². The lowest BCUT2D eigenvalue weighted by Crippen LogP contribution is -2.29. The van der Waals surface area contributed by atoms with E-state index in [0.29, 0.717) is 6.42 Å². The molecule has 1 aliphatic heterocycles. The molecule has 1 rings (SSSR count). The van der Waals surface area contributed by atoms with E-state index in [1.165, 1.54) is 0 Å². The molecule has 2 amide bonds. The number of carbonyl (C=O) groups excluding carboxylic acids is 2. The summed E-state index contributed by atoms with van der Waals surface area (Å²) in [7, 11) is 0. The van der Waals surface area contributed by atoms with Crippen molar-refractivity contribution in [2.45, 2.75) is 24.5 Å². The number of rotatable bonds is 6. The molecule has 0 aliphatic carbocycles. The standard InChI is InChI=1S/C9H13N3O4S/c10-9-12-8(16)5(17-9)4-6(13)11-3-1-2-7(14)15/h5H,1-4H2,(H,11,13)(H,14,15)(H2,10,12,16)/t5-/m1/s1. The Bertz CT molecular complexity index is 369. The van der Waals surface area contributed by atoms with Gasteiger partial charge in [-0.3, -0.25) is 14.4 Å². The average Bonchev–Trinajstić information content (AvgIpc) is 2.52. The van der Waals surface area contributed by atoms with Crippen molar-refractivity contribution in [1.82, 2.24) is 5.32 Å². The van der Waals surface area contributed by atoms with Gasteiger partial charge in [-0.25, -0.2) is 0 Å². The van der Waals surface area contributed by atoms with E-state index < -0.39 is 17.1 Å². The van der Waals surface area contributed by atoms with Crippen molar-refractivity contribution in [3.05, 3.63) is 0 Å². The summed E-state index contributed by atoms with van der Waals surface area (Å²) in [6.07, 6.45) is 0.389. The Hall–Kier alpha value is -1.57. The number of carbonyl (C=O) groups is 3. The fourth-order valence-corrected chi connectivity index (χ4v) is 2.06. The van der Waals surface area contributed by atoms with Crippen LogP contribution in [-0.2, 0) is 14.4 Å². The SMILES string of the molecule is NC1=NC(=O)[C@@H](CC(=O)NCCCC(=O)O)S1. The molecule has 8 heteroatoms. The van der Waals surface area contributed by atoms with Crippen LogP contribution in [0.4, 0.5) is 0 Å². The zero-order valence-corrected chi connectivity index (χ0v) is 9.83. The summed E-state index contributed by atoms with van der Waals surface area (Å²) in [6.45, 7) is 0.285. The molecule has 4 N–H and O–H groups in total. The minimum Gasteiger partial charge on any atom is -0.481 e. The third-order valence-electron chi connectivity index (χ3n) is 2.02. The van der Waals surface area contributed by atoms with E-state index in [9.17, 15) is 14.4 Å². The number of aliphatic imine (C=N–C) groups is 1. The fraction of sp³-hybridized carbons (Fsp3) is 0.556. The number of aliphatic carboxylic acids is 1. The Labute approximate surface area is 102 Å². The van der Waals surface area contributed by atoms with Gasteiger partial charge in [0, 0.05) is 19.4 Å². The summed E-state index contributed by atoms with van der Waals surface area (Å²) in [6, 6.07) is 0. The maximum absolute atomic E-state index is 11.4. The first-order valence-electron chi connectivity index (χ1n) is 5.02. The van der Waals surface area contributed by atoms with Gasteiger partial charge in [-0.05, 0) is 6.42 Å². The normalized spacial score (nSPS) is 18.9. The maximum Gasteiger partial charge on any atom is 0.303 e. The second-order valence-corrected chi connectivity index (χ2v) is 4.67. The molecule has 0 saturated carbocycles. The van der Waals surface area contributed by atoms with Crippen LogP contribution in [0, 0.1) is 0 Å². The smallest absolute Gasteiger partial charge is 0.303 e. The molecule has 0 bridgehead atoms. The van der Waals surface area contributed by atoms with Gasteiger partial charge in [0.15, 0.2) is 5.17 Å². The van der Waals surface area contributed by atoms with E-state index in [1.807, 2.05) is 0 Å². The van der Waals surface area contributed by atoms with Crippen LogP contribution >= 0.6 is 11.8 Å². The van der Waals surface area contributed by atoms with Gasteiger partial charge in [0.25, 0.3) is 5.91 Å². The zero-order chi connectivity index (χ0) is 12.8. The van der Waals surface area contributed by atoms with E-state index in [0.717, 1.165) is 11.8 Å². The quantitative estimate of drug-likeness (QED) is 0.543. The summed E-state index contributed by atoms with van der Waals surface area (Å²) in [5.74, 6) is -1.60. The number of nitrogens with two attached hydrogens (primary N) is 1. The van der Waals surface area contributed by atoms with Crippen molar-refractivity contribution in [1.29, 1.82) is 0 Å². The van der Waals surface area contributed by atoms with Gasteiger partial charge in [0.1, 0.15) is 5.25 Å². The van der Waals surface area contributed by atoms with Gasteiger partial charge in [-0.15, -0.1) is 0 Å². The van der Waals surface area contributed by atoms with Crippen LogP contribution in [0.15, 0.2) is 4.99 Å². The first kappa shape index (κ1) is 13.5. The lowest BCUT2D eigenvalue weighted by Gasteiger charge is -2.06. The van der Waals surface area contributed by atoms with Crippen LogP contribution in [0.1, 0.15) is 19.3 Å². The number of hydrogen-bond acceptors (Lipinski definition) is 5. The van der Waals surface area contributed by atoms with Crippen LogP contribution in [-0.4, -0.2) is 39.9 Å². The van der Waals surface area contributed by atoms with Gasteiger partial charge in [-0.2, -0.15) is 4.99 Å². The Morgan fingerprint density at radius 3 is 2.76 bits per heavy atom. The Kier molecular flexibility index (Phi) is 4.95. The summed E-state index contributed by atoms with van der Waals surface area (Å²) in [5.41, 5.74) is 5.34. The molecular weight excluding hydrogens is 246 g/mol. The first-order chi connectivity index (χ1) is 7.99. The first-order valence-corrected chi connectivity index (χ1v) is 5.90. The molecule has 0 fully saturated rings. The number of nitrogens with zero attached hydrogens (tertiary/aromatic N) is 1. The minimum absolute atomic E-state index is 0.00739. The molecular formula is C9H13N3O4S. The van der Waals surface area contributed by atoms with Gasteiger partial charge >= 0.3 is 5.97 Å². The van der Waals surface area contributed by atoms with Crippen molar-refractivity contribution in [3.8, 4) is 0 Å². The van der Waals surface area contributed by atoms with Crippen molar-refractivity contribution in [2.75, 3.05) is 6.54 Å². The molecule has 0 spiro atoms. The second-order valence-electron chi connectivity index (χ2n) is 3.45. The highest BCUT2D eigenvalue weighted by Gasteiger charge is 2.28. The van der Waals surface area contributed by atoms with E-state index in [1.54, 1.807) is 0 Å². The number of nitrogens with one attached hydrogen (secondary N) is 1.